The van der Waals surface area contributed by atoms with E-state index in [0.717, 1.165) is 54.6 Å². The summed E-state index contributed by atoms with van der Waals surface area (Å²) in [7, 11) is 0. The van der Waals surface area contributed by atoms with Crippen molar-refractivity contribution < 1.29 is 13.7 Å². The first-order valence-corrected chi connectivity index (χ1v) is 11.0. The Morgan fingerprint density at radius 2 is 1.81 bits per heavy atom. The number of rotatable bonds is 4. The Balaban J connectivity index is 1.27. The lowest BCUT2D eigenvalue weighted by Crippen LogP contribution is -2.48. The highest BCUT2D eigenvalue weighted by molar-refractivity contribution is 5.82. The van der Waals surface area contributed by atoms with Crippen molar-refractivity contribution in [2.75, 3.05) is 26.2 Å². The number of fused-ring (bicyclic) bond motifs is 2. The number of carbonyl (C=O) groups is 1. The van der Waals surface area contributed by atoms with E-state index >= 15 is 0 Å². The molecule has 1 saturated heterocycles. The van der Waals surface area contributed by atoms with E-state index < -0.39 is 0 Å². The maximum Gasteiger partial charge on any atom is 0.336 e. The van der Waals surface area contributed by atoms with E-state index in [1.807, 2.05) is 24.8 Å². The Hall–Kier alpha value is -2.93. The average molecular weight is 421 g/mol. The van der Waals surface area contributed by atoms with E-state index in [1.165, 1.54) is 11.1 Å². The van der Waals surface area contributed by atoms with Crippen molar-refractivity contribution in [3.8, 4) is 0 Å². The molecule has 2 aromatic heterocycles. The van der Waals surface area contributed by atoms with Crippen LogP contribution in [0.2, 0.25) is 0 Å². The van der Waals surface area contributed by atoms with Crippen molar-refractivity contribution in [3.05, 3.63) is 62.3 Å². The SMILES string of the molecule is Cc1noc(C)c1CC(=O)N1CCN(Cc2cc(=O)oc3cc4c(cc23)CCC4)CC1. The van der Waals surface area contributed by atoms with E-state index in [2.05, 4.69) is 16.1 Å². The average Bonchev–Trinajstić information content (AvgIpc) is 3.34. The highest BCUT2D eigenvalue weighted by Crippen LogP contribution is 2.29. The summed E-state index contributed by atoms with van der Waals surface area (Å²) in [6, 6.07) is 5.88. The zero-order valence-corrected chi connectivity index (χ0v) is 18.1. The fraction of sp³-hybridized carbons (Fsp3) is 0.458. The Bertz CT molecular complexity index is 1180. The van der Waals surface area contributed by atoms with Crippen molar-refractivity contribution in [1.82, 2.24) is 15.0 Å². The highest BCUT2D eigenvalue weighted by Gasteiger charge is 2.24. The Morgan fingerprint density at radius 1 is 1.06 bits per heavy atom. The van der Waals surface area contributed by atoms with Crippen LogP contribution in [0.15, 0.2) is 31.9 Å². The van der Waals surface area contributed by atoms with Crippen LogP contribution in [0.4, 0.5) is 0 Å². The summed E-state index contributed by atoms with van der Waals surface area (Å²) in [6.45, 7) is 7.31. The molecule has 3 aromatic rings. The van der Waals surface area contributed by atoms with Gasteiger partial charge in [0, 0.05) is 49.7 Å². The molecule has 0 N–H and O–H groups in total. The van der Waals surface area contributed by atoms with Crippen LogP contribution in [0.25, 0.3) is 11.0 Å². The third kappa shape index (κ3) is 3.90. The first-order chi connectivity index (χ1) is 15.0. The molecule has 1 aliphatic heterocycles. The summed E-state index contributed by atoms with van der Waals surface area (Å²) in [5.74, 6) is 0.821. The van der Waals surface area contributed by atoms with Crippen LogP contribution in [0.5, 0.6) is 0 Å². The van der Waals surface area contributed by atoms with Crippen LogP contribution >= 0.6 is 0 Å². The van der Waals surface area contributed by atoms with Crippen LogP contribution in [0.1, 0.15) is 40.1 Å². The molecular weight excluding hydrogens is 394 g/mol. The second-order valence-electron chi connectivity index (χ2n) is 8.70. The molecule has 162 valence electrons. The molecule has 1 amide bonds. The van der Waals surface area contributed by atoms with Crippen LogP contribution in [-0.4, -0.2) is 47.0 Å². The molecule has 7 nitrogen and oxygen atoms in total. The van der Waals surface area contributed by atoms with Gasteiger partial charge >= 0.3 is 5.63 Å². The van der Waals surface area contributed by atoms with E-state index in [-0.39, 0.29) is 11.5 Å². The van der Waals surface area contributed by atoms with Gasteiger partial charge in [0.1, 0.15) is 11.3 Å². The van der Waals surface area contributed by atoms with Gasteiger partial charge in [-0.2, -0.15) is 0 Å². The van der Waals surface area contributed by atoms with E-state index in [9.17, 15) is 9.59 Å². The fourth-order valence-electron chi connectivity index (χ4n) is 4.84. The lowest BCUT2D eigenvalue weighted by molar-refractivity contribution is -0.132. The first-order valence-electron chi connectivity index (χ1n) is 11.0. The molecule has 1 fully saturated rings. The fourth-order valence-corrected chi connectivity index (χ4v) is 4.84. The molecule has 0 atom stereocenters. The van der Waals surface area contributed by atoms with Gasteiger partial charge in [0.15, 0.2) is 0 Å². The van der Waals surface area contributed by atoms with Crippen LogP contribution in [0.3, 0.4) is 0 Å². The van der Waals surface area contributed by atoms with Gasteiger partial charge in [0.05, 0.1) is 12.1 Å². The number of amides is 1. The zero-order chi connectivity index (χ0) is 21.5. The van der Waals surface area contributed by atoms with Gasteiger partial charge in [-0.1, -0.05) is 5.16 Å². The molecule has 7 heteroatoms. The zero-order valence-electron chi connectivity index (χ0n) is 18.1. The Labute approximate surface area is 180 Å². The van der Waals surface area contributed by atoms with Crippen molar-refractivity contribution in [1.29, 1.82) is 0 Å². The summed E-state index contributed by atoms with van der Waals surface area (Å²) in [6.07, 6.45) is 3.64. The molecule has 3 heterocycles. The van der Waals surface area contributed by atoms with Crippen molar-refractivity contribution >= 4 is 16.9 Å². The predicted molar refractivity (Wildman–Crippen MR) is 116 cm³/mol. The van der Waals surface area contributed by atoms with Crippen LogP contribution in [0, 0.1) is 13.8 Å². The maximum atomic E-state index is 12.7. The van der Waals surface area contributed by atoms with Gasteiger partial charge < -0.3 is 13.8 Å². The predicted octanol–water partition coefficient (Wildman–Crippen LogP) is 2.77. The molecule has 0 unspecified atom stereocenters. The normalized spacial score (nSPS) is 16.8. The Morgan fingerprint density at radius 3 is 2.52 bits per heavy atom. The number of hydrogen-bond donors (Lipinski definition) is 0. The second-order valence-corrected chi connectivity index (χ2v) is 8.70. The van der Waals surface area contributed by atoms with Crippen LogP contribution < -0.4 is 5.63 Å². The molecule has 2 aliphatic rings. The molecule has 0 bridgehead atoms. The highest BCUT2D eigenvalue weighted by atomic mass is 16.5. The standard InChI is InChI=1S/C24H27N3O4/c1-15-20(16(2)31-25-15)13-23(28)27-8-6-26(7-9-27)14-19-12-24(29)30-22-11-18-5-3-4-17(18)10-21(19)22/h10-12H,3-9,13-14H2,1-2H3. The van der Waals surface area contributed by atoms with E-state index in [0.29, 0.717) is 37.4 Å². The monoisotopic (exact) mass is 421 g/mol. The molecule has 0 radical (unpaired) electrons. The maximum absolute atomic E-state index is 12.7. The lowest BCUT2D eigenvalue weighted by Gasteiger charge is -2.35. The van der Waals surface area contributed by atoms with Gasteiger partial charge in [0.2, 0.25) is 5.91 Å². The van der Waals surface area contributed by atoms with Crippen molar-refractivity contribution in [2.24, 2.45) is 0 Å². The Kier molecular flexibility index (Phi) is 5.14. The minimum Gasteiger partial charge on any atom is -0.423 e. The summed E-state index contributed by atoms with van der Waals surface area (Å²) in [4.78, 5) is 29.1. The first kappa shape index (κ1) is 20.0. The van der Waals surface area contributed by atoms with Crippen molar-refractivity contribution in [2.45, 2.75) is 46.1 Å². The molecule has 5 rings (SSSR count). The minimum atomic E-state index is -0.297. The van der Waals surface area contributed by atoms with Crippen molar-refractivity contribution in [3.63, 3.8) is 0 Å². The second kappa shape index (κ2) is 7.96. The third-order valence-corrected chi connectivity index (χ3v) is 6.67. The molecule has 0 spiro atoms. The molecule has 1 aliphatic carbocycles. The lowest BCUT2D eigenvalue weighted by atomic mass is 10.0. The van der Waals surface area contributed by atoms with Gasteiger partial charge in [0.25, 0.3) is 0 Å². The third-order valence-electron chi connectivity index (χ3n) is 6.67. The number of aryl methyl sites for hydroxylation is 4. The summed E-state index contributed by atoms with van der Waals surface area (Å²) in [5, 5.41) is 4.98. The summed E-state index contributed by atoms with van der Waals surface area (Å²) < 4.78 is 10.7. The van der Waals surface area contributed by atoms with E-state index in [1.54, 1.807) is 6.07 Å². The van der Waals surface area contributed by atoms with Gasteiger partial charge in [-0.3, -0.25) is 9.69 Å². The number of aromatic nitrogens is 1. The van der Waals surface area contributed by atoms with Gasteiger partial charge in [-0.05, 0) is 61.9 Å². The number of hydrogen-bond acceptors (Lipinski definition) is 6. The van der Waals surface area contributed by atoms with E-state index in [4.69, 9.17) is 8.94 Å². The minimum absolute atomic E-state index is 0.107. The molecule has 1 aromatic carbocycles. The number of piperazine rings is 1. The largest absolute Gasteiger partial charge is 0.423 e. The van der Waals surface area contributed by atoms with Crippen LogP contribution in [-0.2, 0) is 30.6 Å². The summed E-state index contributed by atoms with van der Waals surface area (Å²) in [5.41, 5.74) is 5.75. The quantitative estimate of drug-likeness (QED) is 0.603. The number of carbonyl (C=O) groups excluding carboxylic acids is 1. The summed E-state index contributed by atoms with van der Waals surface area (Å²) >= 11 is 0. The smallest absolute Gasteiger partial charge is 0.336 e. The number of benzene rings is 1. The molecular formula is C24H27N3O4. The topological polar surface area (TPSA) is 79.8 Å². The van der Waals surface area contributed by atoms with Gasteiger partial charge in [-0.25, -0.2) is 4.79 Å². The molecule has 31 heavy (non-hydrogen) atoms. The molecule has 0 saturated carbocycles. The van der Waals surface area contributed by atoms with Gasteiger partial charge in [-0.15, -0.1) is 0 Å². The number of nitrogens with zero attached hydrogens (tertiary/aromatic N) is 3.